The van der Waals surface area contributed by atoms with E-state index in [-0.39, 0.29) is 0 Å². The molecule has 2 aromatic rings. The van der Waals surface area contributed by atoms with E-state index in [1.54, 1.807) is 30.7 Å². The number of imidazole rings is 1. The lowest BCUT2D eigenvalue weighted by atomic mass is 10.1. The normalized spacial score (nSPS) is 9.87. The maximum Gasteiger partial charge on any atom is 0.156 e. The van der Waals surface area contributed by atoms with Gasteiger partial charge in [-0.15, -0.1) is 0 Å². The number of aromatic nitrogens is 3. The zero-order chi connectivity index (χ0) is 10.7. The molecule has 0 aliphatic rings. The van der Waals surface area contributed by atoms with Gasteiger partial charge in [0.2, 0.25) is 0 Å². The summed E-state index contributed by atoms with van der Waals surface area (Å²) in [5.41, 5.74) is 2.75. The summed E-state index contributed by atoms with van der Waals surface area (Å²) >= 11 is 0. The predicted octanol–water partition coefficient (Wildman–Crippen LogP) is 2.76. The molecule has 0 fully saturated rings. The first-order valence-corrected chi connectivity index (χ1v) is 4.60. The van der Waals surface area contributed by atoms with Crippen LogP contribution in [0, 0.1) is 0 Å². The number of nitrogens with zero attached hydrogens (tertiary/aromatic N) is 2. The molecule has 0 aromatic carbocycles. The minimum atomic E-state index is 0.744. The fraction of sp³-hybridized carbons (Fsp3) is 0. The van der Waals surface area contributed by atoms with Crippen molar-refractivity contribution in [2.45, 2.75) is 0 Å². The van der Waals surface area contributed by atoms with E-state index >= 15 is 0 Å². The van der Waals surface area contributed by atoms with Gasteiger partial charge in [0, 0.05) is 24.2 Å². The molecule has 0 aliphatic carbocycles. The Balaban J connectivity index is 2.66. The van der Waals surface area contributed by atoms with Crippen molar-refractivity contribution >= 4 is 12.2 Å². The Hall–Kier alpha value is -2.16. The Morgan fingerprint density at radius 1 is 1.13 bits per heavy atom. The van der Waals surface area contributed by atoms with Crippen LogP contribution in [0.5, 0.6) is 0 Å². The molecule has 2 heterocycles. The minimum absolute atomic E-state index is 0.744. The molecule has 0 spiro atoms. The van der Waals surface area contributed by atoms with Crippen LogP contribution in [0.4, 0.5) is 0 Å². The number of aromatic amines is 1. The van der Waals surface area contributed by atoms with E-state index in [9.17, 15) is 0 Å². The number of rotatable bonds is 3. The molecule has 15 heavy (non-hydrogen) atoms. The third-order valence-corrected chi connectivity index (χ3v) is 2.17. The molecule has 0 amide bonds. The van der Waals surface area contributed by atoms with E-state index in [1.807, 2.05) is 6.07 Å². The van der Waals surface area contributed by atoms with Gasteiger partial charge in [0.1, 0.15) is 5.69 Å². The minimum Gasteiger partial charge on any atom is -0.343 e. The molecule has 0 saturated carbocycles. The Labute approximate surface area is 88.2 Å². The Morgan fingerprint density at radius 3 is 2.60 bits per heavy atom. The number of H-pyrrole nitrogens is 1. The van der Waals surface area contributed by atoms with Crippen molar-refractivity contribution in [1.82, 2.24) is 15.0 Å². The van der Waals surface area contributed by atoms with Gasteiger partial charge in [-0.1, -0.05) is 25.3 Å². The van der Waals surface area contributed by atoms with E-state index in [0.29, 0.717) is 0 Å². The number of hydrogen-bond donors (Lipinski definition) is 1. The van der Waals surface area contributed by atoms with Crippen LogP contribution in [0.3, 0.4) is 0 Å². The average Bonchev–Trinajstić information content (AvgIpc) is 2.81. The fourth-order valence-corrected chi connectivity index (χ4v) is 1.46. The average molecular weight is 197 g/mol. The zero-order valence-corrected chi connectivity index (χ0v) is 8.27. The monoisotopic (exact) mass is 197 g/mol. The predicted molar refractivity (Wildman–Crippen MR) is 62.0 cm³/mol. The van der Waals surface area contributed by atoms with Crippen molar-refractivity contribution in [2.24, 2.45) is 0 Å². The number of hydrogen-bond acceptors (Lipinski definition) is 2. The van der Waals surface area contributed by atoms with Gasteiger partial charge >= 0.3 is 0 Å². The third kappa shape index (κ3) is 1.59. The molecule has 0 aliphatic heterocycles. The summed E-state index contributed by atoms with van der Waals surface area (Å²) in [6.45, 7) is 7.54. The quantitative estimate of drug-likeness (QED) is 0.822. The molecule has 3 heteroatoms. The van der Waals surface area contributed by atoms with Gasteiger partial charge < -0.3 is 4.98 Å². The van der Waals surface area contributed by atoms with Crippen LogP contribution in [0.25, 0.3) is 23.7 Å². The molecule has 0 bridgehead atoms. The first-order chi connectivity index (χ1) is 7.36. The highest BCUT2D eigenvalue weighted by Crippen LogP contribution is 2.22. The Bertz CT molecular complexity index is 484. The Kier molecular flexibility index (Phi) is 2.46. The lowest BCUT2D eigenvalue weighted by molar-refractivity contribution is 1.21. The summed E-state index contributed by atoms with van der Waals surface area (Å²) in [7, 11) is 0. The van der Waals surface area contributed by atoms with Crippen molar-refractivity contribution in [3.63, 3.8) is 0 Å². The summed E-state index contributed by atoms with van der Waals surface area (Å²) in [4.78, 5) is 11.5. The second-order valence-corrected chi connectivity index (χ2v) is 3.01. The molecular formula is C12H11N3. The molecule has 2 rings (SSSR count). The smallest absolute Gasteiger partial charge is 0.156 e. The number of nitrogens with one attached hydrogen (secondary N) is 1. The van der Waals surface area contributed by atoms with Crippen LogP contribution in [-0.2, 0) is 0 Å². The highest BCUT2D eigenvalue weighted by atomic mass is 14.9. The van der Waals surface area contributed by atoms with Gasteiger partial charge in [0.25, 0.3) is 0 Å². The molecule has 0 radical (unpaired) electrons. The van der Waals surface area contributed by atoms with E-state index in [0.717, 1.165) is 22.6 Å². The fourth-order valence-electron chi connectivity index (χ4n) is 1.46. The lowest BCUT2D eigenvalue weighted by Crippen LogP contribution is -1.92. The highest BCUT2D eigenvalue weighted by Gasteiger charge is 2.08. The summed E-state index contributed by atoms with van der Waals surface area (Å²) in [5, 5.41) is 0. The third-order valence-electron chi connectivity index (χ3n) is 2.17. The van der Waals surface area contributed by atoms with E-state index in [2.05, 4.69) is 28.1 Å². The van der Waals surface area contributed by atoms with Gasteiger partial charge in [-0.2, -0.15) is 0 Å². The standard InChI is InChI=1S/C12H11N3/c1-3-9-5-6-13-11(10(9)4-2)12-14-7-8-15-12/h3-8H,1-2H2,(H,14,15). The molecule has 2 aromatic heterocycles. The molecular weight excluding hydrogens is 186 g/mol. The van der Waals surface area contributed by atoms with E-state index < -0.39 is 0 Å². The summed E-state index contributed by atoms with van der Waals surface area (Å²) in [6, 6.07) is 1.90. The lowest BCUT2D eigenvalue weighted by Gasteiger charge is -2.05. The van der Waals surface area contributed by atoms with Gasteiger partial charge in [0.15, 0.2) is 5.82 Å². The number of pyridine rings is 1. The van der Waals surface area contributed by atoms with Crippen LogP contribution >= 0.6 is 0 Å². The first kappa shape index (κ1) is 9.40. The Morgan fingerprint density at radius 2 is 2.00 bits per heavy atom. The van der Waals surface area contributed by atoms with Crippen molar-refractivity contribution in [1.29, 1.82) is 0 Å². The van der Waals surface area contributed by atoms with Crippen molar-refractivity contribution in [2.75, 3.05) is 0 Å². The van der Waals surface area contributed by atoms with Gasteiger partial charge in [-0.3, -0.25) is 4.98 Å². The maximum atomic E-state index is 4.29. The summed E-state index contributed by atoms with van der Waals surface area (Å²) in [5.74, 6) is 0.744. The molecule has 3 nitrogen and oxygen atoms in total. The highest BCUT2D eigenvalue weighted by molar-refractivity contribution is 5.74. The largest absolute Gasteiger partial charge is 0.343 e. The van der Waals surface area contributed by atoms with Crippen LogP contribution in [0.2, 0.25) is 0 Å². The van der Waals surface area contributed by atoms with Crippen LogP contribution in [0.1, 0.15) is 11.1 Å². The van der Waals surface area contributed by atoms with Crippen molar-refractivity contribution in [3.05, 3.63) is 48.9 Å². The van der Waals surface area contributed by atoms with Crippen LogP contribution in [-0.4, -0.2) is 15.0 Å². The SMILES string of the molecule is C=Cc1ccnc(-c2ncc[nH]2)c1C=C. The molecule has 0 saturated heterocycles. The van der Waals surface area contributed by atoms with Gasteiger partial charge in [0.05, 0.1) is 0 Å². The van der Waals surface area contributed by atoms with Gasteiger partial charge in [-0.05, 0) is 11.6 Å². The molecule has 1 N–H and O–H groups in total. The molecule has 0 unspecified atom stereocenters. The maximum absolute atomic E-state index is 4.29. The van der Waals surface area contributed by atoms with E-state index in [4.69, 9.17) is 0 Å². The summed E-state index contributed by atoms with van der Waals surface area (Å²) in [6.07, 6.45) is 8.75. The van der Waals surface area contributed by atoms with Gasteiger partial charge in [-0.25, -0.2) is 4.98 Å². The van der Waals surface area contributed by atoms with Crippen LogP contribution in [0.15, 0.2) is 37.8 Å². The van der Waals surface area contributed by atoms with Crippen LogP contribution < -0.4 is 0 Å². The zero-order valence-electron chi connectivity index (χ0n) is 8.27. The van der Waals surface area contributed by atoms with E-state index in [1.165, 1.54) is 0 Å². The van der Waals surface area contributed by atoms with Crippen molar-refractivity contribution in [3.8, 4) is 11.5 Å². The molecule has 0 atom stereocenters. The molecule has 74 valence electrons. The summed E-state index contributed by atoms with van der Waals surface area (Å²) < 4.78 is 0. The topological polar surface area (TPSA) is 41.6 Å². The second-order valence-electron chi connectivity index (χ2n) is 3.01. The van der Waals surface area contributed by atoms with Crippen molar-refractivity contribution < 1.29 is 0 Å². The first-order valence-electron chi connectivity index (χ1n) is 4.60. The second kappa shape index (κ2) is 3.92.